The van der Waals surface area contributed by atoms with Crippen molar-refractivity contribution < 1.29 is 23.9 Å². The summed E-state index contributed by atoms with van der Waals surface area (Å²) in [6.45, 7) is 5.43. The van der Waals surface area contributed by atoms with Crippen LogP contribution in [-0.4, -0.2) is 35.8 Å². The molecule has 0 saturated carbocycles. The molecular formula is C14H18O5. The highest BCUT2D eigenvalue weighted by molar-refractivity contribution is 6.10. The minimum absolute atomic E-state index is 0.0322. The van der Waals surface area contributed by atoms with Gasteiger partial charge in [-0.1, -0.05) is 6.08 Å². The summed E-state index contributed by atoms with van der Waals surface area (Å²) in [5.41, 5.74) is -2.11. The summed E-state index contributed by atoms with van der Waals surface area (Å²) in [5, 5.41) is 0. The maximum atomic E-state index is 12.4. The van der Waals surface area contributed by atoms with Crippen LogP contribution in [0.3, 0.4) is 0 Å². The second-order valence-corrected chi connectivity index (χ2v) is 5.56. The first-order valence-corrected chi connectivity index (χ1v) is 6.42. The quantitative estimate of drug-likeness (QED) is 0.555. The first kappa shape index (κ1) is 13.9. The highest BCUT2D eigenvalue weighted by Gasteiger charge is 2.59. The molecule has 0 aromatic rings. The molecule has 1 unspecified atom stereocenters. The molecule has 1 saturated heterocycles. The Labute approximate surface area is 111 Å². The number of fused-ring (bicyclic) bond motifs is 1. The molecule has 1 aliphatic carbocycles. The summed E-state index contributed by atoms with van der Waals surface area (Å²) in [6.07, 6.45) is 2.04. The van der Waals surface area contributed by atoms with Crippen molar-refractivity contribution in [2.75, 3.05) is 6.61 Å². The highest BCUT2D eigenvalue weighted by atomic mass is 16.5. The molecule has 104 valence electrons. The predicted molar refractivity (Wildman–Crippen MR) is 66.4 cm³/mol. The van der Waals surface area contributed by atoms with Gasteiger partial charge in [-0.25, -0.2) is 0 Å². The number of rotatable bonds is 2. The first-order valence-electron chi connectivity index (χ1n) is 6.42. The van der Waals surface area contributed by atoms with E-state index in [1.807, 2.05) is 0 Å². The third kappa shape index (κ3) is 2.23. The van der Waals surface area contributed by atoms with Gasteiger partial charge >= 0.3 is 5.97 Å². The lowest BCUT2D eigenvalue weighted by Crippen LogP contribution is -2.59. The van der Waals surface area contributed by atoms with Crippen molar-refractivity contribution in [1.29, 1.82) is 0 Å². The standard InChI is InChI=1S/C14H18O5/c1-4-18-12(17)14-6-5-9(15)7-11(14)19-13(2,3)8-10(14)16/h5-6,11H,4,7-8H2,1-3H3/t11?,14-/m0/s1. The van der Waals surface area contributed by atoms with Gasteiger partial charge < -0.3 is 9.47 Å². The van der Waals surface area contributed by atoms with Gasteiger partial charge in [-0.05, 0) is 26.8 Å². The Morgan fingerprint density at radius 3 is 2.79 bits per heavy atom. The van der Waals surface area contributed by atoms with Crippen molar-refractivity contribution in [3.8, 4) is 0 Å². The lowest BCUT2D eigenvalue weighted by atomic mass is 9.68. The monoisotopic (exact) mass is 266 g/mol. The number of esters is 1. The molecular weight excluding hydrogens is 248 g/mol. The van der Waals surface area contributed by atoms with Crippen molar-refractivity contribution in [2.45, 2.75) is 45.3 Å². The van der Waals surface area contributed by atoms with Crippen molar-refractivity contribution >= 4 is 17.5 Å². The van der Waals surface area contributed by atoms with Gasteiger partial charge in [0.25, 0.3) is 0 Å². The number of ether oxygens (including phenoxy) is 2. The maximum Gasteiger partial charge on any atom is 0.326 e. The zero-order chi connectivity index (χ0) is 14.3. The lowest BCUT2D eigenvalue weighted by molar-refractivity contribution is -0.192. The molecule has 0 radical (unpaired) electrons. The van der Waals surface area contributed by atoms with Crippen LogP contribution < -0.4 is 0 Å². The Bertz CT molecular complexity index is 462. The predicted octanol–water partition coefficient (Wildman–Crippen LogP) is 1.20. The molecule has 0 N–H and O–H groups in total. The number of hydrogen-bond acceptors (Lipinski definition) is 5. The highest BCUT2D eigenvalue weighted by Crippen LogP contribution is 2.44. The van der Waals surface area contributed by atoms with E-state index in [1.165, 1.54) is 12.2 Å². The minimum Gasteiger partial charge on any atom is -0.465 e. The third-order valence-electron chi connectivity index (χ3n) is 3.55. The van der Waals surface area contributed by atoms with Crippen molar-refractivity contribution in [3.05, 3.63) is 12.2 Å². The molecule has 0 amide bonds. The Morgan fingerprint density at radius 1 is 1.47 bits per heavy atom. The topological polar surface area (TPSA) is 69.7 Å². The fraction of sp³-hybridized carbons (Fsp3) is 0.643. The largest absolute Gasteiger partial charge is 0.465 e. The van der Waals surface area contributed by atoms with Crippen LogP contribution in [0.4, 0.5) is 0 Å². The maximum absolute atomic E-state index is 12.4. The fourth-order valence-corrected chi connectivity index (χ4v) is 2.67. The van der Waals surface area contributed by atoms with E-state index in [1.54, 1.807) is 20.8 Å². The number of allylic oxidation sites excluding steroid dienone is 1. The van der Waals surface area contributed by atoms with E-state index in [2.05, 4.69) is 0 Å². The van der Waals surface area contributed by atoms with Gasteiger partial charge in [0.15, 0.2) is 17.0 Å². The van der Waals surface area contributed by atoms with Gasteiger partial charge in [-0.15, -0.1) is 0 Å². The molecule has 1 fully saturated rings. The number of ketones is 2. The number of carbonyl (C=O) groups excluding carboxylic acids is 3. The molecule has 0 spiro atoms. The normalized spacial score (nSPS) is 32.9. The molecule has 2 atom stereocenters. The smallest absolute Gasteiger partial charge is 0.326 e. The molecule has 2 aliphatic rings. The third-order valence-corrected chi connectivity index (χ3v) is 3.55. The van der Waals surface area contributed by atoms with Crippen LogP contribution in [0.25, 0.3) is 0 Å². The number of Topliss-reactive ketones (excluding diaryl/α,β-unsaturated/α-hetero) is 1. The molecule has 1 aliphatic heterocycles. The van der Waals surface area contributed by atoms with Crippen LogP contribution in [0.1, 0.15) is 33.6 Å². The van der Waals surface area contributed by atoms with Crippen LogP contribution in [-0.2, 0) is 23.9 Å². The van der Waals surface area contributed by atoms with Crippen LogP contribution in [0, 0.1) is 5.41 Å². The van der Waals surface area contributed by atoms with Gasteiger partial charge in [0.1, 0.15) is 0 Å². The van der Waals surface area contributed by atoms with Crippen molar-refractivity contribution in [1.82, 2.24) is 0 Å². The lowest BCUT2D eigenvalue weighted by Gasteiger charge is -2.46. The van der Waals surface area contributed by atoms with Gasteiger partial charge in [0.2, 0.25) is 0 Å². The van der Waals surface area contributed by atoms with Crippen LogP contribution >= 0.6 is 0 Å². The zero-order valence-electron chi connectivity index (χ0n) is 11.4. The van der Waals surface area contributed by atoms with E-state index in [0.29, 0.717) is 0 Å². The van der Waals surface area contributed by atoms with Crippen molar-refractivity contribution in [2.24, 2.45) is 5.41 Å². The summed E-state index contributed by atoms with van der Waals surface area (Å²) in [4.78, 5) is 36.2. The summed E-state index contributed by atoms with van der Waals surface area (Å²) in [7, 11) is 0. The summed E-state index contributed by atoms with van der Waals surface area (Å²) < 4.78 is 10.8. The van der Waals surface area contributed by atoms with Crippen molar-refractivity contribution in [3.63, 3.8) is 0 Å². The number of carbonyl (C=O) groups is 3. The summed E-state index contributed by atoms with van der Waals surface area (Å²) in [6, 6.07) is 0. The molecule has 0 bridgehead atoms. The molecule has 5 nitrogen and oxygen atoms in total. The minimum atomic E-state index is -1.44. The first-order chi connectivity index (χ1) is 8.82. The average Bonchev–Trinajstić information content (AvgIpc) is 2.27. The van der Waals surface area contributed by atoms with E-state index in [0.717, 1.165) is 0 Å². The molecule has 0 aromatic carbocycles. The van der Waals surface area contributed by atoms with Crippen LogP contribution in [0.15, 0.2) is 12.2 Å². The van der Waals surface area contributed by atoms with E-state index >= 15 is 0 Å². The summed E-state index contributed by atoms with van der Waals surface area (Å²) in [5.74, 6) is -1.00. The van der Waals surface area contributed by atoms with Gasteiger partial charge in [0.05, 0.1) is 18.3 Å². The van der Waals surface area contributed by atoms with E-state index in [9.17, 15) is 14.4 Å². The Balaban J connectivity index is 2.45. The van der Waals surface area contributed by atoms with Gasteiger partial charge in [0, 0.05) is 12.8 Å². The van der Waals surface area contributed by atoms with E-state index in [4.69, 9.17) is 9.47 Å². The zero-order valence-corrected chi connectivity index (χ0v) is 11.4. The van der Waals surface area contributed by atoms with Crippen LogP contribution in [0.5, 0.6) is 0 Å². The Hall–Kier alpha value is -1.49. The molecule has 5 heteroatoms. The van der Waals surface area contributed by atoms with E-state index in [-0.39, 0.29) is 31.0 Å². The molecule has 1 heterocycles. The van der Waals surface area contributed by atoms with Gasteiger partial charge in [-0.2, -0.15) is 0 Å². The van der Waals surface area contributed by atoms with Gasteiger partial charge in [-0.3, -0.25) is 14.4 Å². The average molecular weight is 266 g/mol. The number of hydrogen-bond donors (Lipinski definition) is 0. The molecule has 0 aromatic heterocycles. The Morgan fingerprint density at radius 2 is 2.16 bits per heavy atom. The molecule has 19 heavy (non-hydrogen) atoms. The Kier molecular flexibility index (Phi) is 3.34. The fourth-order valence-electron chi connectivity index (χ4n) is 2.67. The molecule has 2 rings (SSSR count). The van der Waals surface area contributed by atoms with Crippen LogP contribution in [0.2, 0.25) is 0 Å². The second kappa shape index (κ2) is 4.56. The second-order valence-electron chi connectivity index (χ2n) is 5.56. The summed E-state index contributed by atoms with van der Waals surface area (Å²) >= 11 is 0. The SMILES string of the molecule is CCOC(=O)[C@]12C=CC(=O)CC1OC(C)(C)CC2=O. The van der Waals surface area contributed by atoms with E-state index < -0.39 is 23.1 Å².